The fourth-order valence-electron chi connectivity index (χ4n) is 0.991. The van der Waals surface area contributed by atoms with Crippen LogP contribution in [-0.4, -0.2) is 16.1 Å². The van der Waals surface area contributed by atoms with E-state index in [0.717, 1.165) is 6.07 Å². The van der Waals surface area contributed by atoms with Crippen LogP contribution < -0.4 is 5.73 Å². The van der Waals surface area contributed by atoms with E-state index in [9.17, 15) is 13.6 Å². The van der Waals surface area contributed by atoms with Gasteiger partial charge in [-0.15, -0.1) is 0 Å². The molecule has 0 radical (unpaired) electrons. The molecule has 6 heteroatoms. The number of carboxylic acid groups (broad SMARTS) is 1. The molecule has 1 aromatic rings. The lowest BCUT2D eigenvalue weighted by atomic mass is 10.1. The molecule has 14 heavy (non-hydrogen) atoms. The Morgan fingerprint density at radius 3 is 2.71 bits per heavy atom. The Balaban J connectivity index is 3.13. The van der Waals surface area contributed by atoms with Crippen molar-refractivity contribution in [2.24, 2.45) is 5.73 Å². The van der Waals surface area contributed by atoms with Crippen molar-refractivity contribution in [1.82, 2.24) is 4.98 Å². The maximum atomic E-state index is 12.4. The molecule has 4 nitrogen and oxygen atoms in total. The largest absolute Gasteiger partial charge is 0.480 e. The molecule has 0 fully saturated rings. The summed E-state index contributed by atoms with van der Waals surface area (Å²) in [5, 5.41) is 8.53. The zero-order valence-electron chi connectivity index (χ0n) is 7.02. The van der Waals surface area contributed by atoms with Crippen molar-refractivity contribution >= 4 is 5.97 Å². The van der Waals surface area contributed by atoms with Crippen LogP contribution in [0.5, 0.6) is 0 Å². The number of nitrogens with zero attached hydrogens (tertiary/aromatic N) is 1. The van der Waals surface area contributed by atoms with Gasteiger partial charge in [0.25, 0.3) is 6.43 Å². The van der Waals surface area contributed by atoms with Gasteiger partial charge in [-0.1, -0.05) is 0 Å². The summed E-state index contributed by atoms with van der Waals surface area (Å²) in [5.41, 5.74) is 4.44. The molecule has 1 rings (SSSR count). The normalized spacial score (nSPS) is 12.9. The first-order valence-electron chi connectivity index (χ1n) is 3.75. The Kier molecular flexibility index (Phi) is 3.08. The molecular formula is C8H8F2N2O2. The zero-order chi connectivity index (χ0) is 10.7. The molecule has 0 spiro atoms. The Morgan fingerprint density at radius 1 is 1.57 bits per heavy atom. The number of carboxylic acids is 1. The van der Waals surface area contributed by atoms with Gasteiger partial charge in [-0.2, -0.15) is 0 Å². The van der Waals surface area contributed by atoms with Gasteiger partial charge in [0.2, 0.25) is 0 Å². The molecule has 1 atom stereocenters. The summed E-state index contributed by atoms with van der Waals surface area (Å²) in [7, 11) is 0. The average Bonchev–Trinajstić information content (AvgIpc) is 2.16. The third-order valence-electron chi connectivity index (χ3n) is 1.67. The fourth-order valence-corrected chi connectivity index (χ4v) is 0.991. The SMILES string of the molecule is NC(C(=O)O)c1ncccc1C(F)F. The number of nitrogens with two attached hydrogens (primary N) is 1. The standard InChI is InChI=1S/C8H8F2N2O2/c9-7(10)4-2-1-3-12-6(4)5(11)8(13)14/h1-3,5,7H,11H2,(H,13,14). The predicted octanol–water partition coefficient (Wildman–Crippen LogP) is 1.10. The van der Waals surface area contributed by atoms with Gasteiger partial charge in [-0.3, -0.25) is 9.78 Å². The molecule has 0 amide bonds. The van der Waals surface area contributed by atoms with Crippen molar-refractivity contribution in [2.45, 2.75) is 12.5 Å². The molecular weight excluding hydrogens is 194 g/mol. The van der Waals surface area contributed by atoms with Crippen LogP contribution in [0.4, 0.5) is 8.78 Å². The van der Waals surface area contributed by atoms with Gasteiger partial charge in [0.1, 0.15) is 6.04 Å². The Hall–Kier alpha value is -1.56. The minimum atomic E-state index is -2.77. The van der Waals surface area contributed by atoms with Gasteiger partial charge in [0.05, 0.1) is 5.69 Å². The number of alkyl halides is 2. The number of pyridine rings is 1. The van der Waals surface area contributed by atoms with E-state index in [2.05, 4.69) is 4.98 Å². The van der Waals surface area contributed by atoms with E-state index in [1.165, 1.54) is 12.3 Å². The van der Waals surface area contributed by atoms with Crippen LogP contribution >= 0.6 is 0 Å². The molecule has 1 unspecified atom stereocenters. The fraction of sp³-hybridized carbons (Fsp3) is 0.250. The number of aromatic nitrogens is 1. The summed E-state index contributed by atoms with van der Waals surface area (Å²) in [5.74, 6) is -1.38. The van der Waals surface area contributed by atoms with E-state index in [-0.39, 0.29) is 5.69 Å². The van der Waals surface area contributed by atoms with Crippen molar-refractivity contribution in [3.63, 3.8) is 0 Å². The number of aliphatic carboxylic acids is 1. The van der Waals surface area contributed by atoms with Gasteiger partial charge in [-0.05, 0) is 12.1 Å². The first kappa shape index (κ1) is 10.5. The molecule has 3 N–H and O–H groups in total. The molecule has 0 aliphatic rings. The van der Waals surface area contributed by atoms with Crippen LogP contribution in [0.2, 0.25) is 0 Å². The van der Waals surface area contributed by atoms with Crippen molar-refractivity contribution < 1.29 is 18.7 Å². The minimum Gasteiger partial charge on any atom is -0.480 e. The summed E-state index contributed by atoms with van der Waals surface area (Å²) >= 11 is 0. The van der Waals surface area contributed by atoms with Crippen LogP contribution in [-0.2, 0) is 4.79 Å². The summed E-state index contributed by atoms with van der Waals surface area (Å²) in [4.78, 5) is 14.0. The minimum absolute atomic E-state index is 0.296. The molecule has 0 aliphatic carbocycles. The Morgan fingerprint density at radius 2 is 2.21 bits per heavy atom. The summed E-state index contributed by atoms with van der Waals surface area (Å²) in [6.45, 7) is 0. The molecule has 76 valence electrons. The number of hydrogen-bond acceptors (Lipinski definition) is 3. The monoisotopic (exact) mass is 202 g/mol. The van der Waals surface area contributed by atoms with Crippen molar-refractivity contribution in [3.05, 3.63) is 29.6 Å². The average molecular weight is 202 g/mol. The number of carbonyl (C=O) groups is 1. The maximum Gasteiger partial charge on any atom is 0.326 e. The Bertz CT molecular complexity index is 344. The van der Waals surface area contributed by atoms with Gasteiger partial charge in [-0.25, -0.2) is 8.78 Å². The highest BCUT2D eigenvalue weighted by molar-refractivity contribution is 5.75. The Labute approximate surface area is 78.4 Å². The van der Waals surface area contributed by atoms with Gasteiger partial charge < -0.3 is 10.8 Å². The smallest absolute Gasteiger partial charge is 0.326 e. The summed E-state index contributed by atoms with van der Waals surface area (Å²) < 4.78 is 24.7. The maximum absolute atomic E-state index is 12.4. The van der Waals surface area contributed by atoms with Gasteiger partial charge in [0, 0.05) is 11.8 Å². The summed E-state index contributed by atoms with van der Waals surface area (Å²) in [6.07, 6.45) is -1.55. The highest BCUT2D eigenvalue weighted by Crippen LogP contribution is 2.24. The molecule has 0 aromatic carbocycles. The molecule has 0 aliphatic heterocycles. The van der Waals surface area contributed by atoms with E-state index in [4.69, 9.17) is 10.8 Å². The van der Waals surface area contributed by atoms with E-state index in [0.29, 0.717) is 0 Å². The van der Waals surface area contributed by atoms with E-state index >= 15 is 0 Å². The van der Waals surface area contributed by atoms with Crippen LogP contribution in [0.15, 0.2) is 18.3 Å². The first-order chi connectivity index (χ1) is 6.54. The summed E-state index contributed by atoms with van der Waals surface area (Å²) in [6, 6.07) is 0.898. The van der Waals surface area contributed by atoms with Gasteiger partial charge >= 0.3 is 5.97 Å². The predicted molar refractivity (Wildman–Crippen MR) is 43.8 cm³/mol. The number of hydrogen-bond donors (Lipinski definition) is 2. The molecule has 0 saturated heterocycles. The van der Waals surface area contributed by atoms with Crippen molar-refractivity contribution in [3.8, 4) is 0 Å². The van der Waals surface area contributed by atoms with Crippen LogP contribution in [0.3, 0.4) is 0 Å². The van der Waals surface area contributed by atoms with Crippen LogP contribution in [0.1, 0.15) is 23.7 Å². The molecule has 1 heterocycles. The second kappa shape index (κ2) is 4.10. The van der Waals surface area contributed by atoms with Crippen molar-refractivity contribution in [2.75, 3.05) is 0 Å². The number of rotatable bonds is 3. The van der Waals surface area contributed by atoms with Crippen LogP contribution in [0, 0.1) is 0 Å². The van der Waals surface area contributed by atoms with E-state index in [1.807, 2.05) is 0 Å². The first-order valence-corrected chi connectivity index (χ1v) is 3.75. The molecule has 0 saturated carbocycles. The molecule has 0 bridgehead atoms. The van der Waals surface area contributed by atoms with Crippen LogP contribution in [0.25, 0.3) is 0 Å². The second-order valence-electron chi connectivity index (χ2n) is 2.59. The van der Waals surface area contributed by atoms with E-state index < -0.39 is 24.0 Å². The lowest BCUT2D eigenvalue weighted by Gasteiger charge is -2.10. The topological polar surface area (TPSA) is 76.2 Å². The second-order valence-corrected chi connectivity index (χ2v) is 2.59. The lowest BCUT2D eigenvalue weighted by molar-refractivity contribution is -0.138. The third-order valence-corrected chi connectivity index (χ3v) is 1.67. The quantitative estimate of drug-likeness (QED) is 0.769. The number of halogens is 2. The van der Waals surface area contributed by atoms with Crippen molar-refractivity contribution in [1.29, 1.82) is 0 Å². The highest BCUT2D eigenvalue weighted by atomic mass is 19.3. The van der Waals surface area contributed by atoms with Gasteiger partial charge in [0.15, 0.2) is 0 Å². The highest BCUT2D eigenvalue weighted by Gasteiger charge is 2.23. The lowest BCUT2D eigenvalue weighted by Crippen LogP contribution is -2.23. The molecule has 1 aromatic heterocycles. The zero-order valence-corrected chi connectivity index (χ0v) is 7.02. The third kappa shape index (κ3) is 2.02. The van der Waals surface area contributed by atoms with E-state index in [1.54, 1.807) is 0 Å².